The number of H-pyrrole nitrogens is 2. The smallest absolute Gasteiger partial charge is 0.407 e. The van der Waals surface area contributed by atoms with Gasteiger partial charge in [0.15, 0.2) is 0 Å². The molecule has 2 aliphatic heterocycles. The number of aromatic nitrogens is 4. The van der Waals surface area contributed by atoms with Gasteiger partial charge in [0.2, 0.25) is 0 Å². The molecule has 7 aromatic rings. The molecule has 62 heavy (non-hydrogen) atoms. The highest BCUT2D eigenvalue weighted by Crippen LogP contribution is 2.37. The second-order valence-electron chi connectivity index (χ2n) is 15.7. The van der Waals surface area contributed by atoms with Gasteiger partial charge in [0, 0.05) is 18.7 Å². The number of methoxy groups -OCH3 is 2. The van der Waals surface area contributed by atoms with Gasteiger partial charge in [0.1, 0.15) is 23.7 Å². The Morgan fingerprint density at radius 3 is 1.73 bits per heavy atom. The Labute approximate surface area is 357 Å². The average Bonchev–Trinajstić information content (AvgIpc) is 4.16. The SMILES string of the molecule is COC(=O)NC(C(=O)N1CCCC1c1ncc(-c2ccc3cc(-c4ccc5nc(C6CCCN6C(=O)C(NC(=O)OC)c6ccccc6)[nH]c5c4)ccc3c2)[nH]1)c1ccccc1. The monoisotopic (exact) mass is 830 g/mol. The number of carbonyl (C=O) groups is 4. The molecule has 2 fully saturated rings. The van der Waals surface area contributed by atoms with Crippen LogP contribution in [-0.4, -0.2) is 81.0 Å². The maximum absolute atomic E-state index is 14.0. The zero-order valence-corrected chi connectivity index (χ0v) is 34.3. The molecule has 2 aromatic heterocycles. The number of hydrogen-bond acceptors (Lipinski definition) is 8. The number of hydrogen-bond donors (Lipinski definition) is 4. The lowest BCUT2D eigenvalue weighted by atomic mass is 9.99. The predicted molar refractivity (Wildman–Crippen MR) is 233 cm³/mol. The average molecular weight is 831 g/mol. The standard InChI is InChI=1S/C48H46N8O6/c1-61-47(59)53-41(29-11-5-3-6-12-29)45(57)55-23-9-15-39(55)43-49-28-38(52-43)35-20-19-31-25-32(17-18-33(31)26-35)34-21-22-36-37(27-34)51-44(50-36)40-16-10-24-56(40)46(58)42(54-48(60)62-2)30-13-7-4-8-14-30/h3-8,11-14,17-22,25-28,39-42H,9-10,15-16,23-24H2,1-2H3,(H,49,52)(H,50,51)(H,53,59)(H,54,60). The molecule has 4 unspecified atom stereocenters. The van der Waals surface area contributed by atoms with Crippen LogP contribution in [0.1, 0.15) is 72.6 Å². The van der Waals surface area contributed by atoms with Crippen molar-refractivity contribution in [2.75, 3.05) is 27.3 Å². The molecule has 0 bridgehead atoms. The molecule has 0 saturated carbocycles. The van der Waals surface area contributed by atoms with E-state index in [0.717, 1.165) is 69.9 Å². The number of amides is 4. The Morgan fingerprint density at radius 1 is 0.629 bits per heavy atom. The van der Waals surface area contributed by atoms with E-state index in [4.69, 9.17) is 19.4 Å². The molecule has 0 aliphatic carbocycles. The first kappa shape index (κ1) is 40.0. The highest BCUT2D eigenvalue weighted by Gasteiger charge is 2.38. The van der Waals surface area contributed by atoms with Gasteiger partial charge in [-0.3, -0.25) is 9.59 Å². The van der Waals surface area contributed by atoms with Crippen LogP contribution in [0.15, 0.2) is 121 Å². The fourth-order valence-electron chi connectivity index (χ4n) is 8.79. The number of imidazole rings is 2. The fourth-order valence-corrected chi connectivity index (χ4v) is 8.79. The van der Waals surface area contributed by atoms with Gasteiger partial charge in [-0.05, 0) is 83.0 Å². The minimum atomic E-state index is -0.890. The molecular weight excluding hydrogens is 785 g/mol. The number of rotatable bonds is 10. The summed E-state index contributed by atoms with van der Waals surface area (Å²) in [6, 6.07) is 34.8. The summed E-state index contributed by atoms with van der Waals surface area (Å²) in [6.45, 7) is 1.09. The van der Waals surface area contributed by atoms with E-state index in [1.807, 2.05) is 72.9 Å². The van der Waals surface area contributed by atoms with Gasteiger partial charge in [-0.25, -0.2) is 19.6 Å². The Kier molecular flexibility index (Phi) is 11.1. The lowest BCUT2D eigenvalue weighted by molar-refractivity contribution is -0.135. The van der Waals surface area contributed by atoms with E-state index in [0.29, 0.717) is 35.9 Å². The fraction of sp³-hybridized carbons (Fsp3) is 0.250. The zero-order chi connectivity index (χ0) is 42.7. The molecule has 4 atom stereocenters. The van der Waals surface area contributed by atoms with Crippen LogP contribution in [0.2, 0.25) is 0 Å². The number of carbonyl (C=O) groups excluding carboxylic acids is 4. The summed E-state index contributed by atoms with van der Waals surface area (Å²) in [5, 5.41) is 7.58. The summed E-state index contributed by atoms with van der Waals surface area (Å²) in [4.78, 5) is 72.8. The van der Waals surface area contributed by atoms with Crippen molar-refractivity contribution in [3.63, 3.8) is 0 Å². The second-order valence-corrected chi connectivity index (χ2v) is 15.7. The van der Waals surface area contributed by atoms with Crippen molar-refractivity contribution in [1.29, 1.82) is 0 Å². The van der Waals surface area contributed by atoms with E-state index < -0.39 is 24.3 Å². The summed E-state index contributed by atoms with van der Waals surface area (Å²) in [6.07, 6.45) is 3.58. The second kappa shape index (κ2) is 17.2. The van der Waals surface area contributed by atoms with Gasteiger partial charge in [0.25, 0.3) is 11.8 Å². The van der Waals surface area contributed by atoms with E-state index >= 15 is 0 Å². The predicted octanol–water partition coefficient (Wildman–Crippen LogP) is 8.29. The molecule has 14 heteroatoms. The maximum atomic E-state index is 14.0. The minimum absolute atomic E-state index is 0.214. The number of nitrogens with one attached hydrogen (secondary N) is 4. The molecule has 5 aromatic carbocycles. The topological polar surface area (TPSA) is 175 Å². The van der Waals surface area contributed by atoms with Crippen LogP contribution < -0.4 is 10.6 Å². The molecule has 314 valence electrons. The lowest BCUT2D eigenvalue weighted by Crippen LogP contribution is -2.42. The molecule has 9 rings (SSSR count). The van der Waals surface area contributed by atoms with Crippen LogP contribution in [0, 0.1) is 0 Å². The number of likely N-dealkylation sites (tertiary alicyclic amines) is 2. The van der Waals surface area contributed by atoms with Crippen molar-refractivity contribution < 1.29 is 28.7 Å². The van der Waals surface area contributed by atoms with Crippen molar-refractivity contribution >= 4 is 45.8 Å². The summed E-state index contributed by atoms with van der Waals surface area (Å²) in [5.41, 5.74) is 6.91. The third kappa shape index (κ3) is 7.94. The minimum Gasteiger partial charge on any atom is -0.453 e. The molecule has 0 spiro atoms. The van der Waals surface area contributed by atoms with Crippen LogP contribution in [0.25, 0.3) is 44.2 Å². The first-order valence-electron chi connectivity index (χ1n) is 20.8. The molecule has 4 heterocycles. The highest BCUT2D eigenvalue weighted by molar-refractivity contribution is 5.92. The van der Waals surface area contributed by atoms with Crippen LogP contribution in [0.4, 0.5) is 9.59 Å². The normalized spacial score (nSPS) is 17.2. The Morgan fingerprint density at radius 2 is 1.15 bits per heavy atom. The molecule has 2 aliphatic rings. The van der Waals surface area contributed by atoms with Crippen molar-refractivity contribution in [3.05, 3.63) is 144 Å². The number of benzene rings is 5. The summed E-state index contributed by atoms with van der Waals surface area (Å²) in [5.74, 6) is 0.975. The number of fused-ring (bicyclic) bond motifs is 2. The van der Waals surface area contributed by atoms with Gasteiger partial charge < -0.3 is 39.9 Å². The molecule has 14 nitrogen and oxygen atoms in total. The summed E-state index contributed by atoms with van der Waals surface area (Å²) < 4.78 is 9.69. The van der Waals surface area contributed by atoms with E-state index in [1.165, 1.54) is 14.2 Å². The molecule has 4 amide bonds. The Hall–Kier alpha value is -7.48. The first-order chi connectivity index (χ1) is 30.3. The number of alkyl carbamates (subject to hydrolysis) is 2. The number of ether oxygens (including phenoxy) is 2. The Balaban J connectivity index is 0.915. The Bertz CT molecular complexity index is 2770. The molecule has 4 N–H and O–H groups in total. The number of aromatic amines is 2. The van der Waals surface area contributed by atoms with Crippen LogP contribution >= 0.6 is 0 Å². The van der Waals surface area contributed by atoms with Crippen molar-refractivity contribution in [3.8, 4) is 22.4 Å². The van der Waals surface area contributed by atoms with Crippen molar-refractivity contribution in [2.24, 2.45) is 0 Å². The van der Waals surface area contributed by atoms with E-state index in [1.54, 1.807) is 9.80 Å². The zero-order valence-electron chi connectivity index (χ0n) is 34.3. The van der Waals surface area contributed by atoms with Gasteiger partial charge in [-0.1, -0.05) is 91.0 Å². The van der Waals surface area contributed by atoms with Gasteiger partial charge in [-0.15, -0.1) is 0 Å². The quantitative estimate of drug-likeness (QED) is 0.107. The van der Waals surface area contributed by atoms with Gasteiger partial charge in [0.05, 0.1) is 49.2 Å². The first-order valence-corrected chi connectivity index (χ1v) is 20.8. The van der Waals surface area contributed by atoms with E-state index in [9.17, 15) is 19.2 Å². The van der Waals surface area contributed by atoms with Crippen molar-refractivity contribution in [2.45, 2.75) is 49.9 Å². The van der Waals surface area contributed by atoms with E-state index in [2.05, 4.69) is 69.1 Å². The molecule has 2 saturated heterocycles. The van der Waals surface area contributed by atoms with Crippen LogP contribution in [0.5, 0.6) is 0 Å². The summed E-state index contributed by atoms with van der Waals surface area (Å²) in [7, 11) is 2.56. The van der Waals surface area contributed by atoms with Crippen LogP contribution in [0.3, 0.4) is 0 Å². The van der Waals surface area contributed by atoms with Gasteiger partial charge in [-0.2, -0.15) is 0 Å². The molecular formula is C48H46N8O6. The summed E-state index contributed by atoms with van der Waals surface area (Å²) >= 11 is 0. The van der Waals surface area contributed by atoms with Gasteiger partial charge >= 0.3 is 12.2 Å². The molecule has 0 radical (unpaired) electrons. The number of nitrogens with zero attached hydrogens (tertiary/aromatic N) is 4. The maximum Gasteiger partial charge on any atom is 0.407 e. The lowest BCUT2D eigenvalue weighted by Gasteiger charge is -2.28. The third-order valence-electron chi connectivity index (χ3n) is 11.9. The third-order valence-corrected chi connectivity index (χ3v) is 11.9. The highest BCUT2D eigenvalue weighted by atomic mass is 16.5. The largest absolute Gasteiger partial charge is 0.453 e. The van der Waals surface area contributed by atoms with Crippen LogP contribution in [-0.2, 0) is 19.1 Å². The van der Waals surface area contributed by atoms with E-state index in [-0.39, 0.29) is 23.9 Å². The van der Waals surface area contributed by atoms with Crippen molar-refractivity contribution in [1.82, 2.24) is 40.4 Å².